The highest BCUT2D eigenvalue weighted by atomic mass is 19.4. The van der Waals surface area contributed by atoms with Crippen molar-refractivity contribution in [1.29, 1.82) is 0 Å². The average Bonchev–Trinajstić information content (AvgIpc) is 2.87. The predicted molar refractivity (Wildman–Crippen MR) is 84.4 cm³/mol. The van der Waals surface area contributed by atoms with Gasteiger partial charge in [-0.15, -0.1) is 0 Å². The van der Waals surface area contributed by atoms with Crippen molar-refractivity contribution in [3.63, 3.8) is 0 Å². The van der Waals surface area contributed by atoms with Gasteiger partial charge in [0.1, 0.15) is 6.10 Å². The van der Waals surface area contributed by atoms with Gasteiger partial charge in [0.15, 0.2) is 0 Å². The van der Waals surface area contributed by atoms with Crippen LogP contribution in [0.5, 0.6) is 0 Å². The molecule has 25 heavy (non-hydrogen) atoms. The molecule has 0 amide bonds. The molecule has 2 heterocycles. The van der Waals surface area contributed by atoms with Crippen molar-refractivity contribution < 1.29 is 23.4 Å². The second kappa shape index (κ2) is 7.15. The lowest BCUT2D eigenvalue weighted by atomic mass is 10.1. The van der Waals surface area contributed by atoms with Gasteiger partial charge in [-0.05, 0) is 24.1 Å². The van der Waals surface area contributed by atoms with Gasteiger partial charge in [-0.25, -0.2) is 0 Å². The average molecular weight is 355 g/mol. The van der Waals surface area contributed by atoms with Crippen molar-refractivity contribution in [2.24, 2.45) is 0 Å². The van der Waals surface area contributed by atoms with Crippen LogP contribution < -0.4 is 0 Å². The van der Waals surface area contributed by atoms with Crippen LogP contribution in [0.25, 0.3) is 0 Å². The Bertz CT molecular complexity index is 730. The second-order valence-corrected chi connectivity index (χ2v) is 6.20. The molecule has 0 unspecified atom stereocenters. The van der Waals surface area contributed by atoms with Gasteiger partial charge < -0.3 is 10.2 Å². The smallest absolute Gasteiger partial charge is 0.393 e. The SMILES string of the molecule is OC[C@@H](O)c1cc2n(n1)CCCN(Cc1ccccc1C(F)(F)F)C2. The minimum absolute atomic E-state index is 0.193. The molecule has 1 aromatic carbocycles. The first-order valence-corrected chi connectivity index (χ1v) is 8.11. The highest BCUT2D eigenvalue weighted by Crippen LogP contribution is 2.32. The summed E-state index contributed by atoms with van der Waals surface area (Å²) in [6.45, 7) is 1.51. The molecule has 0 fully saturated rings. The fraction of sp³-hybridized carbons (Fsp3) is 0.471. The Hall–Kier alpha value is -1.90. The molecule has 5 nitrogen and oxygen atoms in total. The standard InChI is InChI=1S/C17H20F3N3O2/c18-17(19,20)14-5-2-1-4-12(14)9-22-6-3-7-23-13(10-22)8-15(21-23)16(25)11-24/h1-2,4-5,8,16,24-25H,3,6-7,9-11H2/t16-/m1/s1. The number of aliphatic hydroxyl groups excluding tert-OH is 2. The normalized spacial score (nSPS) is 17.2. The third kappa shape index (κ3) is 4.02. The van der Waals surface area contributed by atoms with E-state index in [2.05, 4.69) is 5.10 Å². The van der Waals surface area contributed by atoms with E-state index in [1.54, 1.807) is 16.8 Å². The number of aliphatic hydroxyl groups is 2. The first kappa shape index (κ1) is 17.9. The van der Waals surface area contributed by atoms with Crippen molar-refractivity contribution in [2.75, 3.05) is 13.2 Å². The molecule has 0 saturated heterocycles. The first-order valence-electron chi connectivity index (χ1n) is 8.11. The summed E-state index contributed by atoms with van der Waals surface area (Å²) in [5.74, 6) is 0. The summed E-state index contributed by atoms with van der Waals surface area (Å²) in [5.41, 5.74) is 0.849. The van der Waals surface area contributed by atoms with Gasteiger partial charge in [-0.1, -0.05) is 18.2 Å². The summed E-state index contributed by atoms with van der Waals surface area (Å²) in [5, 5.41) is 23.0. The lowest BCUT2D eigenvalue weighted by molar-refractivity contribution is -0.138. The van der Waals surface area contributed by atoms with E-state index in [9.17, 15) is 18.3 Å². The zero-order chi connectivity index (χ0) is 18.0. The van der Waals surface area contributed by atoms with E-state index in [1.165, 1.54) is 12.1 Å². The van der Waals surface area contributed by atoms with Gasteiger partial charge in [0.2, 0.25) is 0 Å². The van der Waals surface area contributed by atoms with E-state index < -0.39 is 24.5 Å². The molecule has 2 N–H and O–H groups in total. The number of hydrogen-bond acceptors (Lipinski definition) is 4. The fourth-order valence-electron chi connectivity index (χ4n) is 3.12. The molecule has 0 saturated carbocycles. The minimum Gasteiger partial charge on any atom is -0.393 e. The second-order valence-electron chi connectivity index (χ2n) is 6.20. The van der Waals surface area contributed by atoms with Crippen LogP contribution in [0.1, 0.15) is 35.0 Å². The van der Waals surface area contributed by atoms with Crippen LogP contribution in [0.15, 0.2) is 30.3 Å². The number of fused-ring (bicyclic) bond motifs is 1. The number of benzene rings is 1. The molecule has 0 radical (unpaired) electrons. The molecule has 1 aliphatic heterocycles. The maximum Gasteiger partial charge on any atom is 0.416 e. The van der Waals surface area contributed by atoms with E-state index >= 15 is 0 Å². The van der Waals surface area contributed by atoms with Crippen LogP contribution in [-0.4, -0.2) is 38.0 Å². The molecule has 8 heteroatoms. The molecular weight excluding hydrogens is 335 g/mol. The van der Waals surface area contributed by atoms with Crippen LogP contribution in [0.4, 0.5) is 13.2 Å². The van der Waals surface area contributed by atoms with Crippen molar-refractivity contribution in [3.8, 4) is 0 Å². The van der Waals surface area contributed by atoms with Crippen LogP contribution in [-0.2, 0) is 25.8 Å². The van der Waals surface area contributed by atoms with E-state index in [-0.39, 0.29) is 12.1 Å². The molecule has 136 valence electrons. The Morgan fingerprint density at radius 2 is 1.96 bits per heavy atom. The van der Waals surface area contributed by atoms with Crippen LogP contribution >= 0.6 is 0 Å². The maximum absolute atomic E-state index is 13.2. The number of hydrogen-bond donors (Lipinski definition) is 2. The third-order valence-electron chi connectivity index (χ3n) is 4.34. The van der Waals surface area contributed by atoms with E-state index in [0.717, 1.165) is 18.2 Å². The summed E-state index contributed by atoms with van der Waals surface area (Å²) >= 11 is 0. The van der Waals surface area contributed by atoms with Gasteiger partial charge in [-0.3, -0.25) is 9.58 Å². The lowest BCUT2D eigenvalue weighted by Crippen LogP contribution is -2.24. The zero-order valence-electron chi connectivity index (χ0n) is 13.6. The molecule has 0 aliphatic carbocycles. The van der Waals surface area contributed by atoms with Crippen LogP contribution in [0.3, 0.4) is 0 Å². The predicted octanol–water partition coefficient (Wildman–Crippen LogP) is 2.33. The van der Waals surface area contributed by atoms with Crippen LogP contribution in [0, 0.1) is 0 Å². The minimum atomic E-state index is -4.37. The summed E-state index contributed by atoms with van der Waals surface area (Å²) in [4.78, 5) is 1.94. The van der Waals surface area contributed by atoms with Gasteiger partial charge in [0, 0.05) is 26.2 Å². The summed E-state index contributed by atoms with van der Waals surface area (Å²) in [6.07, 6.45) is -4.67. The Morgan fingerprint density at radius 3 is 2.68 bits per heavy atom. The van der Waals surface area contributed by atoms with Crippen molar-refractivity contribution in [2.45, 2.75) is 38.3 Å². The third-order valence-corrected chi connectivity index (χ3v) is 4.34. The number of nitrogens with zero attached hydrogens (tertiary/aromatic N) is 3. The molecule has 0 spiro atoms. The Labute approximate surface area is 143 Å². The first-order chi connectivity index (χ1) is 11.9. The topological polar surface area (TPSA) is 61.5 Å². The quantitative estimate of drug-likeness (QED) is 0.884. The van der Waals surface area contributed by atoms with Gasteiger partial charge in [0.25, 0.3) is 0 Å². The van der Waals surface area contributed by atoms with Gasteiger partial charge >= 0.3 is 6.18 Å². The van der Waals surface area contributed by atoms with Crippen molar-refractivity contribution >= 4 is 0 Å². The Balaban J connectivity index is 1.80. The number of halogens is 3. The Kier molecular flexibility index (Phi) is 5.12. The van der Waals surface area contributed by atoms with E-state index in [1.807, 2.05) is 4.90 Å². The summed E-state index contributed by atoms with van der Waals surface area (Å²) in [7, 11) is 0. The molecule has 1 aromatic heterocycles. The summed E-state index contributed by atoms with van der Waals surface area (Å²) in [6, 6.07) is 7.32. The monoisotopic (exact) mass is 355 g/mol. The van der Waals surface area contributed by atoms with Gasteiger partial charge in [-0.2, -0.15) is 18.3 Å². The lowest BCUT2D eigenvalue weighted by Gasteiger charge is -2.22. The highest BCUT2D eigenvalue weighted by Gasteiger charge is 2.33. The highest BCUT2D eigenvalue weighted by molar-refractivity contribution is 5.29. The van der Waals surface area contributed by atoms with Crippen molar-refractivity contribution in [3.05, 3.63) is 52.8 Å². The number of rotatable bonds is 4. The molecule has 2 aromatic rings. The molecule has 0 bridgehead atoms. The van der Waals surface area contributed by atoms with Crippen LogP contribution in [0.2, 0.25) is 0 Å². The summed E-state index contributed by atoms with van der Waals surface area (Å²) < 4.78 is 41.3. The van der Waals surface area contributed by atoms with E-state index in [4.69, 9.17) is 5.11 Å². The number of aryl methyl sites for hydroxylation is 1. The molecule has 3 rings (SSSR count). The zero-order valence-corrected chi connectivity index (χ0v) is 13.6. The molecular formula is C17H20F3N3O2. The fourth-order valence-corrected chi connectivity index (χ4v) is 3.12. The van der Waals surface area contributed by atoms with Crippen molar-refractivity contribution in [1.82, 2.24) is 14.7 Å². The largest absolute Gasteiger partial charge is 0.416 e. The van der Waals surface area contributed by atoms with Gasteiger partial charge in [0.05, 0.1) is 23.6 Å². The Morgan fingerprint density at radius 1 is 1.20 bits per heavy atom. The molecule has 1 atom stereocenters. The maximum atomic E-state index is 13.2. The molecule has 1 aliphatic rings. The number of aromatic nitrogens is 2. The van der Waals surface area contributed by atoms with E-state index in [0.29, 0.717) is 25.3 Å². The number of alkyl halides is 3.